The summed E-state index contributed by atoms with van der Waals surface area (Å²) in [6, 6.07) is 12.9. The maximum atomic E-state index is 13.9. The first-order valence-corrected chi connectivity index (χ1v) is 7.73. The van der Waals surface area contributed by atoms with Crippen molar-refractivity contribution in [3.05, 3.63) is 87.7 Å². The molecular weight excluding hydrogens is 326 g/mol. The zero-order valence-electron chi connectivity index (χ0n) is 13.5. The minimum absolute atomic E-state index is 0.117. The molecule has 2 aromatic carbocycles. The smallest absolute Gasteiger partial charge is 0.266 e. The van der Waals surface area contributed by atoms with Gasteiger partial charge in [-0.25, -0.2) is 13.5 Å². The number of aryl methyl sites for hydroxylation is 1. The third kappa shape index (κ3) is 3.64. The Morgan fingerprint density at radius 2 is 1.88 bits per heavy atom. The molecule has 0 fully saturated rings. The van der Waals surface area contributed by atoms with Crippen LogP contribution in [-0.4, -0.2) is 14.9 Å². The van der Waals surface area contributed by atoms with Crippen molar-refractivity contribution in [2.45, 2.75) is 19.6 Å². The number of nitrogens with zero attached hydrogens (tertiary/aromatic N) is 2. The number of rotatable bonds is 4. The summed E-state index contributed by atoms with van der Waals surface area (Å²) in [5, 5.41) is 14.5. The van der Waals surface area contributed by atoms with Gasteiger partial charge in [-0.1, -0.05) is 18.2 Å². The molecule has 1 atom stereocenters. The predicted octanol–water partition coefficient (Wildman–Crippen LogP) is 3.23. The van der Waals surface area contributed by atoms with Gasteiger partial charge in [-0.3, -0.25) is 4.79 Å². The maximum Gasteiger partial charge on any atom is 0.266 e. The standard InChI is InChI=1S/C19H16F2N2O2/c1-12-10-13(20)6-7-14(12)18(24)11-23-19(25)9-8-17(22-23)15-4-2-3-5-16(15)21/h2-10,18,24H,11H2,1H3. The van der Waals surface area contributed by atoms with Gasteiger partial charge in [-0.05, 0) is 48.4 Å². The number of hydrogen-bond donors (Lipinski definition) is 1. The molecular formula is C19H16F2N2O2. The van der Waals surface area contributed by atoms with Crippen molar-refractivity contribution in [2.75, 3.05) is 0 Å². The number of aliphatic hydroxyl groups excluding tert-OH is 1. The van der Waals surface area contributed by atoms with Crippen molar-refractivity contribution in [3.8, 4) is 11.3 Å². The minimum atomic E-state index is -1.04. The lowest BCUT2D eigenvalue weighted by Crippen LogP contribution is -2.25. The Morgan fingerprint density at radius 1 is 1.12 bits per heavy atom. The van der Waals surface area contributed by atoms with Crippen molar-refractivity contribution in [2.24, 2.45) is 0 Å². The molecule has 3 rings (SSSR count). The SMILES string of the molecule is Cc1cc(F)ccc1C(O)Cn1nc(-c2ccccc2F)ccc1=O. The summed E-state index contributed by atoms with van der Waals surface area (Å²) >= 11 is 0. The van der Waals surface area contributed by atoms with E-state index in [-0.39, 0.29) is 12.1 Å². The third-order valence-corrected chi connectivity index (χ3v) is 3.95. The van der Waals surface area contributed by atoms with Crippen LogP contribution in [0, 0.1) is 18.6 Å². The highest BCUT2D eigenvalue weighted by atomic mass is 19.1. The van der Waals surface area contributed by atoms with Crippen LogP contribution in [-0.2, 0) is 6.54 Å². The van der Waals surface area contributed by atoms with Gasteiger partial charge >= 0.3 is 0 Å². The summed E-state index contributed by atoms with van der Waals surface area (Å²) in [4.78, 5) is 12.0. The van der Waals surface area contributed by atoms with E-state index < -0.39 is 23.3 Å². The molecule has 0 aliphatic rings. The number of aromatic nitrogens is 2. The van der Waals surface area contributed by atoms with Gasteiger partial charge in [-0.15, -0.1) is 0 Å². The molecule has 0 aliphatic heterocycles. The molecule has 1 heterocycles. The van der Waals surface area contributed by atoms with E-state index in [4.69, 9.17) is 0 Å². The number of halogens is 2. The molecule has 0 spiro atoms. The lowest BCUT2D eigenvalue weighted by molar-refractivity contribution is 0.148. The number of aliphatic hydroxyl groups is 1. The molecule has 128 valence electrons. The highest BCUT2D eigenvalue weighted by molar-refractivity contribution is 5.58. The monoisotopic (exact) mass is 342 g/mol. The van der Waals surface area contributed by atoms with Crippen molar-refractivity contribution in [1.29, 1.82) is 0 Å². The topological polar surface area (TPSA) is 55.1 Å². The molecule has 6 heteroatoms. The zero-order chi connectivity index (χ0) is 18.0. The van der Waals surface area contributed by atoms with Gasteiger partial charge in [0.1, 0.15) is 11.6 Å². The average molecular weight is 342 g/mol. The van der Waals surface area contributed by atoms with Crippen molar-refractivity contribution in [1.82, 2.24) is 9.78 Å². The Kier molecular flexibility index (Phi) is 4.72. The molecule has 1 unspecified atom stereocenters. The lowest BCUT2D eigenvalue weighted by atomic mass is 10.0. The fraction of sp³-hybridized carbons (Fsp3) is 0.158. The van der Waals surface area contributed by atoms with Crippen LogP contribution in [0.4, 0.5) is 8.78 Å². The Balaban J connectivity index is 1.94. The summed E-state index contributed by atoms with van der Waals surface area (Å²) in [6.45, 7) is 1.56. The second-order valence-electron chi connectivity index (χ2n) is 5.74. The average Bonchev–Trinajstić information content (AvgIpc) is 2.57. The predicted molar refractivity (Wildman–Crippen MR) is 90.0 cm³/mol. The highest BCUT2D eigenvalue weighted by Crippen LogP contribution is 2.21. The molecule has 3 aromatic rings. The number of benzene rings is 2. The molecule has 25 heavy (non-hydrogen) atoms. The molecule has 1 N–H and O–H groups in total. The van der Waals surface area contributed by atoms with E-state index in [0.717, 1.165) is 4.68 Å². The highest BCUT2D eigenvalue weighted by Gasteiger charge is 2.14. The summed E-state index contributed by atoms with van der Waals surface area (Å²) in [5.41, 5.74) is 1.22. The summed E-state index contributed by atoms with van der Waals surface area (Å²) in [6.07, 6.45) is -1.04. The molecule has 0 saturated heterocycles. The summed E-state index contributed by atoms with van der Waals surface area (Å²) < 4.78 is 28.2. The summed E-state index contributed by atoms with van der Waals surface area (Å²) in [5.74, 6) is -0.847. The van der Waals surface area contributed by atoms with Crippen LogP contribution in [0.15, 0.2) is 59.4 Å². The first kappa shape index (κ1) is 17.0. The minimum Gasteiger partial charge on any atom is -0.386 e. The van der Waals surface area contributed by atoms with E-state index >= 15 is 0 Å². The Bertz CT molecular complexity index is 970. The van der Waals surface area contributed by atoms with Crippen LogP contribution >= 0.6 is 0 Å². The molecule has 0 saturated carbocycles. The van der Waals surface area contributed by atoms with Gasteiger partial charge in [-0.2, -0.15) is 5.10 Å². The second kappa shape index (κ2) is 6.94. The second-order valence-corrected chi connectivity index (χ2v) is 5.74. The maximum absolute atomic E-state index is 13.9. The number of hydrogen-bond acceptors (Lipinski definition) is 3. The van der Waals surface area contributed by atoms with Crippen LogP contribution in [0.3, 0.4) is 0 Å². The van der Waals surface area contributed by atoms with Crippen molar-refractivity contribution in [3.63, 3.8) is 0 Å². The van der Waals surface area contributed by atoms with E-state index in [1.54, 1.807) is 25.1 Å². The van der Waals surface area contributed by atoms with E-state index in [0.29, 0.717) is 16.8 Å². The summed E-state index contributed by atoms with van der Waals surface area (Å²) in [7, 11) is 0. The van der Waals surface area contributed by atoms with E-state index in [1.807, 2.05) is 0 Å². The van der Waals surface area contributed by atoms with Crippen LogP contribution in [0.2, 0.25) is 0 Å². The molecule has 0 radical (unpaired) electrons. The fourth-order valence-electron chi connectivity index (χ4n) is 2.67. The quantitative estimate of drug-likeness (QED) is 0.792. The first-order valence-electron chi connectivity index (χ1n) is 7.73. The van der Waals surface area contributed by atoms with Crippen LogP contribution in [0.1, 0.15) is 17.2 Å². The van der Waals surface area contributed by atoms with E-state index in [1.165, 1.54) is 36.4 Å². The van der Waals surface area contributed by atoms with Crippen LogP contribution < -0.4 is 5.56 Å². The van der Waals surface area contributed by atoms with Gasteiger partial charge in [0, 0.05) is 11.6 Å². The van der Waals surface area contributed by atoms with Crippen LogP contribution in [0.5, 0.6) is 0 Å². The van der Waals surface area contributed by atoms with Gasteiger partial charge in [0.2, 0.25) is 0 Å². The molecule has 4 nitrogen and oxygen atoms in total. The van der Waals surface area contributed by atoms with Gasteiger partial charge in [0.05, 0.1) is 18.3 Å². The van der Waals surface area contributed by atoms with E-state index in [2.05, 4.69) is 5.10 Å². The fourth-order valence-corrected chi connectivity index (χ4v) is 2.67. The largest absolute Gasteiger partial charge is 0.386 e. The Hall–Kier alpha value is -2.86. The third-order valence-electron chi connectivity index (χ3n) is 3.95. The van der Waals surface area contributed by atoms with Crippen molar-refractivity contribution < 1.29 is 13.9 Å². The molecule has 0 amide bonds. The van der Waals surface area contributed by atoms with Gasteiger partial charge in [0.15, 0.2) is 0 Å². The van der Waals surface area contributed by atoms with Gasteiger partial charge < -0.3 is 5.11 Å². The first-order chi connectivity index (χ1) is 12.0. The normalized spacial score (nSPS) is 12.2. The lowest BCUT2D eigenvalue weighted by Gasteiger charge is -2.15. The molecule has 0 bridgehead atoms. The Labute approximate surface area is 143 Å². The van der Waals surface area contributed by atoms with Crippen LogP contribution in [0.25, 0.3) is 11.3 Å². The zero-order valence-corrected chi connectivity index (χ0v) is 13.5. The molecule has 0 aliphatic carbocycles. The van der Waals surface area contributed by atoms with Crippen molar-refractivity contribution >= 4 is 0 Å². The molecule has 1 aromatic heterocycles. The van der Waals surface area contributed by atoms with Gasteiger partial charge in [0.25, 0.3) is 5.56 Å². The Morgan fingerprint density at radius 3 is 2.60 bits per heavy atom. The van der Waals surface area contributed by atoms with E-state index in [9.17, 15) is 18.7 Å².